The van der Waals surface area contributed by atoms with Crippen molar-refractivity contribution in [1.29, 1.82) is 0 Å². The molecule has 0 saturated heterocycles. The number of anilines is 1. The minimum absolute atomic E-state index is 0.371. The van der Waals surface area contributed by atoms with E-state index in [2.05, 4.69) is 28.9 Å². The Morgan fingerprint density at radius 2 is 2.17 bits per heavy atom. The van der Waals surface area contributed by atoms with Crippen molar-refractivity contribution in [3.63, 3.8) is 0 Å². The van der Waals surface area contributed by atoms with Crippen LogP contribution >= 0.6 is 11.3 Å². The largest absolute Gasteiger partial charge is 0.464 e. The summed E-state index contributed by atoms with van der Waals surface area (Å²) >= 11 is 1.46. The number of carbonyl (C=O) groups excluding carboxylic acids is 1. The zero-order valence-corrected chi connectivity index (χ0v) is 12.0. The van der Waals surface area contributed by atoms with Gasteiger partial charge in [-0.2, -0.15) is 0 Å². The van der Waals surface area contributed by atoms with Gasteiger partial charge >= 0.3 is 5.97 Å². The Balaban J connectivity index is 1.90. The molecule has 0 amide bonds. The first-order valence-electron chi connectivity index (χ1n) is 6.30. The van der Waals surface area contributed by atoms with Crippen LogP contribution in [0, 0.1) is 5.41 Å². The first-order chi connectivity index (χ1) is 8.50. The van der Waals surface area contributed by atoms with Gasteiger partial charge in [-0.15, -0.1) is 11.3 Å². The molecule has 0 aromatic carbocycles. The molecule has 1 aliphatic rings. The Hall–Kier alpha value is -1.10. The maximum absolute atomic E-state index is 11.3. The Morgan fingerprint density at radius 1 is 1.50 bits per heavy atom. The van der Waals surface area contributed by atoms with Gasteiger partial charge < -0.3 is 10.1 Å². The fraction of sp³-hybridized carbons (Fsp3) is 0.692. The molecule has 4 nitrogen and oxygen atoms in total. The molecule has 0 atom stereocenters. The third kappa shape index (κ3) is 3.22. The number of nitrogens with one attached hydrogen (secondary N) is 1. The standard InChI is InChI=1S/C13H20N2O2S/c1-13(2)6-4-9(5-7-13)14-12-15-10(8-18-12)11(16)17-3/h8-9H,4-7H2,1-3H3,(H,14,15). The van der Waals surface area contributed by atoms with Crippen LogP contribution in [0.1, 0.15) is 50.0 Å². The smallest absolute Gasteiger partial charge is 0.357 e. The van der Waals surface area contributed by atoms with Crippen LogP contribution < -0.4 is 5.32 Å². The van der Waals surface area contributed by atoms with Crippen molar-refractivity contribution < 1.29 is 9.53 Å². The van der Waals surface area contributed by atoms with Crippen LogP contribution in [0.5, 0.6) is 0 Å². The van der Waals surface area contributed by atoms with Gasteiger partial charge in [-0.25, -0.2) is 9.78 Å². The molecule has 5 heteroatoms. The fourth-order valence-electron chi connectivity index (χ4n) is 2.26. The van der Waals surface area contributed by atoms with E-state index in [0.717, 1.165) is 5.13 Å². The van der Waals surface area contributed by atoms with Gasteiger partial charge in [0.05, 0.1) is 7.11 Å². The lowest BCUT2D eigenvalue weighted by atomic mass is 9.76. The number of carbonyl (C=O) groups is 1. The van der Waals surface area contributed by atoms with Crippen LogP contribution in [0.25, 0.3) is 0 Å². The Kier molecular flexibility index (Phi) is 3.90. The molecule has 0 unspecified atom stereocenters. The summed E-state index contributed by atoms with van der Waals surface area (Å²) in [5.74, 6) is -0.371. The molecular formula is C13H20N2O2S. The molecule has 0 spiro atoms. The van der Waals surface area contributed by atoms with Crippen LogP contribution in [0.3, 0.4) is 0 Å². The quantitative estimate of drug-likeness (QED) is 0.854. The number of hydrogen-bond acceptors (Lipinski definition) is 5. The average Bonchev–Trinajstić information content (AvgIpc) is 2.79. The molecule has 0 bridgehead atoms. The Labute approximate surface area is 112 Å². The lowest BCUT2D eigenvalue weighted by Gasteiger charge is -2.34. The van der Waals surface area contributed by atoms with Crippen molar-refractivity contribution in [2.45, 2.75) is 45.6 Å². The summed E-state index contributed by atoms with van der Waals surface area (Å²) in [7, 11) is 1.37. The van der Waals surface area contributed by atoms with Crippen LogP contribution in [-0.4, -0.2) is 24.1 Å². The molecule has 1 aliphatic carbocycles. The minimum atomic E-state index is -0.371. The van der Waals surface area contributed by atoms with Crippen molar-refractivity contribution in [3.8, 4) is 0 Å². The topological polar surface area (TPSA) is 51.2 Å². The number of ether oxygens (including phenoxy) is 1. The summed E-state index contributed by atoms with van der Waals surface area (Å²) in [4.78, 5) is 15.5. The summed E-state index contributed by atoms with van der Waals surface area (Å²) in [6, 6.07) is 0.481. The molecule has 100 valence electrons. The fourth-order valence-corrected chi connectivity index (χ4v) is 3.01. The highest BCUT2D eigenvalue weighted by Gasteiger charge is 2.27. The second-order valence-electron chi connectivity index (χ2n) is 5.61. The van der Waals surface area contributed by atoms with Gasteiger partial charge in [0.25, 0.3) is 0 Å². The number of nitrogens with zero attached hydrogens (tertiary/aromatic N) is 1. The van der Waals surface area contributed by atoms with Crippen LogP contribution in [0.2, 0.25) is 0 Å². The molecule has 1 heterocycles. The first kappa shape index (κ1) is 13.3. The van der Waals surface area contributed by atoms with Crippen molar-refractivity contribution in [1.82, 2.24) is 4.98 Å². The van der Waals surface area contributed by atoms with E-state index in [1.54, 1.807) is 5.38 Å². The van der Waals surface area contributed by atoms with Gasteiger partial charge in [-0.3, -0.25) is 0 Å². The molecular weight excluding hydrogens is 248 g/mol. The predicted octanol–water partition coefficient (Wildman–Crippen LogP) is 3.31. The summed E-state index contributed by atoms with van der Waals surface area (Å²) in [6.45, 7) is 4.64. The molecule has 1 fully saturated rings. The zero-order chi connectivity index (χ0) is 13.2. The van der Waals surface area contributed by atoms with E-state index in [4.69, 9.17) is 0 Å². The minimum Gasteiger partial charge on any atom is -0.464 e. The highest BCUT2D eigenvalue weighted by molar-refractivity contribution is 7.13. The third-order valence-electron chi connectivity index (χ3n) is 3.57. The van der Waals surface area contributed by atoms with Crippen LogP contribution in [-0.2, 0) is 4.74 Å². The molecule has 2 rings (SSSR count). The normalized spacial score (nSPS) is 19.5. The summed E-state index contributed by atoms with van der Waals surface area (Å²) in [5.41, 5.74) is 0.860. The molecule has 1 saturated carbocycles. The second kappa shape index (κ2) is 5.26. The molecule has 1 N–H and O–H groups in total. The number of thiazole rings is 1. The molecule has 1 aromatic rings. The number of esters is 1. The maximum Gasteiger partial charge on any atom is 0.357 e. The van der Waals surface area contributed by atoms with Gasteiger partial charge in [0.15, 0.2) is 10.8 Å². The predicted molar refractivity (Wildman–Crippen MR) is 73.1 cm³/mol. The lowest BCUT2D eigenvalue weighted by molar-refractivity contribution is 0.0595. The number of rotatable bonds is 3. The summed E-state index contributed by atoms with van der Waals surface area (Å²) in [6.07, 6.45) is 4.81. The molecule has 1 aromatic heterocycles. The highest BCUT2D eigenvalue weighted by Crippen LogP contribution is 2.36. The monoisotopic (exact) mass is 268 g/mol. The SMILES string of the molecule is COC(=O)c1csc(NC2CCC(C)(C)CC2)n1. The van der Waals surface area contributed by atoms with Crippen molar-refractivity contribution in [3.05, 3.63) is 11.1 Å². The first-order valence-corrected chi connectivity index (χ1v) is 7.18. The lowest BCUT2D eigenvalue weighted by Crippen LogP contribution is -2.29. The molecule has 0 radical (unpaired) electrons. The Morgan fingerprint density at radius 3 is 2.78 bits per heavy atom. The third-order valence-corrected chi connectivity index (χ3v) is 4.34. The van der Waals surface area contributed by atoms with Crippen molar-refractivity contribution >= 4 is 22.4 Å². The molecule has 0 aliphatic heterocycles. The van der Waals surface area contributed by atoms with Gasteiger partial charge in [-0.1, -0.05) is 13.8 Å². The number of hydrogen-bond donors (Lipinski definition) is 1. The summed E-state index contributed by atoms with van der Waals surface area (Å²) < 4.78 is 4.64. The zero-order valence-electron chi connectivity index (χ0n) is 11.2. The maximum atomic E-state index is 11.3. The van der Waals surface area contributed by atoms with E-state index < -0.39 is 0 Å². The number of methoxy groups -OCH3 is 1. The van der Waals surface area contributed by atoms with Crippen molar-refractivity contribution in [2.75, 3.05) is 12.4 Å². The van der Waals surface area contributed by atoms with Gasteiger partial charge in [0, 0.05) is 11.4 Å². The highest BCUT2D eigenvalue weighted by atomic mass is 32.1. The van der Waals surface area contributed by atoms with Crippen LogP contribution in [0.4, 0.5) is 5.13 Å². The molecule has 18 heavy (non-hydrogen) atoms. The van der Waals surface area contributed by atoms with Gasteiger partial charge in [-0.05, 0) is 31.1 Å². The van der Waals surface area contributed by atoms with E-state index in [0.29, 0.717) is 17.2 Å². The van der Waals surface area contributed by atoms with E-state index in [1.165, 1.54) is 44.1 Å². The van der Waals surface area contributed by atoms with Crippen LogP contribution in [0.15, 0.2) is 5.38 Å². The second-order valence-corrected chi connectivity index (χ2v) is 6.47. The van der Waals surface area contributed by atoms with E-state index >= 15 is 0 Å². The van der Waals surface area contributed by atoms with E-state index in [1.807, 2.05) is 0 Å². The van der Waals surface area contributed by atoms with Crippen molar-refractivity contribution in [2.24, 2.45) is 5.41 Å². The average molecular weight is 268 g/mol. The number of aromatic nitrogens is 1. The van der Waals surface area contributed by atoms with Gasteiger partial charge in [0.1, 0.15) is 0 Å². The summed E-state index contributed by atoms with van der Waals surface area (Å²) in [5, 5.41) is 5.97. The van der Waals surface area contributed by atoms with E-state index in [-0.39, 0.29) is 5.97 Å². The van der Waals surface area contributed by atoms with Gasteiger partial charge in [0.2, 0.25) is 0 Å². The Bertz CT molecular complexity index is 418. The van der Waals surface area contributed by atoms with E-state index in [9.17, 15) is 4.79 Å².